The van der Waals surface area contributed by atoms with Gasteiger partial charge in [0.2, 0.25) is 0 Å². The van der Waals surface area contributed by atoms with E-state index in [4.69, 9.17) is 9.47 Å². The van der Waals surface area contributed by atoms with Crippen LogP contribution in [-0.4, -0.2) is 36.4 Å². The number of allylic oxidation sites excluding steroid dienone is 4. The third-order valence-corrected chi connectivity index (χ3v) is 7.27. The Morgan fingerprint density at radius 2 is 1.79 bits per heavy atom. The van der Waals surface area contributed by atoms with Gasteiger partial charge < -0.3 is 9.47 Å². The van der Waals surface area contributed by atoms with Crippen molar-refractivity contribution in [3.63, 3.8) is 0 Å². The van der Waals surface area contributed by atoms with Crippen molar-refractivity contribution in [2.24, 2.45) is 10.9 Å². The Kier molecular flexibility index (Phi) is 14.7. The highest BCUT2D eigenvalue weighted by atomic mass is 16.5. The minimum absolute atomic E-state index is 0.106. The molecular weight excluding hydrogens is 528 g/mol. The Bertz CT molecular complexity index is 1340. The smallest absolute Gasteiger partial charge is 0.349 e. The second-order valence-corrected chi connectivity index (χ2v) is 10.2. The number of aliphatic imine (C=N–C) groups is 1. The standard InChI is InChI=1S/C34H42N4O4/c1-6-10-12-13-19-41-34(40)29(22-36)31-26-16-14-18-37-30(26)20-27(24(5)32(31)38-17-8-3)28(21-35)33(39)42-23-25(9-4)15-11-7-2/h8,14,16-18,25H,3,6-7,9-13,15,19-20,23H2,1-2,4-5H3/b28-27-,31-29+,38-17?. The van der Waals surface area contributed by atoms with Gasteiger partial charge >= 0.3 is 11.9 Å². The molecule has 222 valence electrons. The number of pyridine rings is 1. The molecule has 2 rings (SSSR count). The minimum Gasteiger partial charge on any atom is -0.462 e. The van der Waals surface area contributed by atoms with Crippen LogP contribution < -0.4 is 0 Å². The van der Waals surface area contributed by atoms with Crippen LogP contribution in [0.4, 0.5) is 0 Å². The van der Waals surface area contributed by atoms with Crippen molar-refractivity contribution in [2.75, 3.05) is 13.2 Å². The summed E-state index contributed by atoms with van der Waals surface area (Å²) in [5.74, 6) is -1.27. The van der Waals surface area contributed by atoms with E-state index in [9.17, 15) is 20.1 Å². The van der Waals surface area contributed by atoms with Gasteiger partial charge in [-0.3, -0.25) is 9.98 Å². The SMILES string of the molecule is C=CC=NC1=C(C)C(=C(/C#N)C(=O)OCC(CC)CCCC)/Cc2ncccc2/C1=C(/C#N)C(=O)OCCCCCC. The lowest BCUT2D eigenvalue weighted by molar-refractivity contribution is -0.140. The molecule has 1 heterocycles. The first-order valence-electron chi connectivity index (χ1n) is 14.8. The van der Waals surface area contributed by atoms with E-state index in [1.54, 1.807) is 25.3 Å². The van der Waals surface area contributed by atoms with Crippen molar-refractivity contribution in [1.82, 2.24) is 4.98 Å². The third-order valence-electron chi connectivity index (χ3n) is 7.27. The molecule has 42 heavy (non-hydrogen) atoms. The molecule has 0 fully saturated rings. The van der Waals surface area contributed by atoms with Crippen LogP contribution in [0.15, 0.2) is 64.0 Å². The molecule has 1 aromatic heterocycles. The largest absolute Gasteiger partial charge is 0.462 e. The first-order chi connectivity index (χ1) is 20.4. The van der Waals surface area contributed by atoms with Crippen molar-refractivity contribution in [3.8, 4) is 12.1 Å². The summed E-state index contributed by atoms with van der Waals surface area (Å²) in [4.78, 5) is 35.6. The molecular formula is C34H42N4O4. The maximum atomic E-state index is 13.3. The number of carbonyl (C=O) groups excluding carboxylic acids is 2. The zero-order valence-corrected chi connectivity index (χ0v) is 25.4. The highest BCUT2D eigenvalue weighted by Crippen LogP contribution is 2.39. The van der Waals surface area contributed by atoms with E-state index in [-0.39, 0.29) is 48.0 Å². The van der Waals surface area contributed by atoms with Crippen molar-refractivity contribution < 1.29 is 19.1 Å². The summed E-state index contributed by atoms with van der Waals surface area (Å²) in [5, 5.41) is 20.3. The van der Waals surface area contributed by atoms with Crippen molar-refractivity contribution >= 4 is 23.7 Å². The van der Waals surface area contributed by atoms with Gasteiger partial charge in [-0.25, -0.2) is 9.59 Å². The molecule has 0 saturated carbocycles. The Morgan fingerprint density at radius 1 is 1.07 bits per heavy atom. The monoisotopic (exact) mass is 570 g/mol. The number of esters is 2. The molecule has 1 atom stereocenters. The molecule has 0 aromatic carbocycles. The Balaban J connectivity index is 2.71. The zero-order chi connectivity index (χ0) is 30.9. The number of hydrogen-bond donors (Lipinski definition) is 0. The van der Waals surface area contributed by atoms with Gasteiger partial charge in [-0.05, 0) is 42.9 Å². The van der Waals surface area contributed by atoms with Crippen molar-refractivity contribution in [1.29, 1.82) is 10.5 Å². The summed E-state index contributed by atoms with van der Waals surface area (Å²) in [5.41, 5.74) is 1.94. The molecule has 8 heteroatoms. The lowest BCUT2D eigenvalue weighted by atomic mass is 9.95. The zero-order valence-electron chi connectivity index (χ0n) is 25.4. The number of nitriles is 2. The van der Waals surface area contributed by atoms with Crippen LogP contribution in [0.5, 0.6) is 0 Å². The van der Waals surface area contributed by atoms with Gasteiger partial charge in [0.1, 0.15) is 23.3 Å². The van der Waals surface area contributed by atoms with Gasteiger partial charge in [0.05, 0.1) is 24.6 Å². The van der Waals surface area contributed by atoms with Gasteiger partial charge in [0.15, 0.2) is 0 Å². The van der Waals surface area contributed by atoms with E-state index in [0.29, 0.717) is 28.8 Å². The minimum atomic E-state index is -0.761. The molecule has 0 saturated heterocycles. The van der Waals surface area contributed by atoms with E-state index in [1.165, 1.54) is 12.3 Å². The normalized spacial score (nSPS) is 16.0. The van der Waals surface area contributed by atoms with Crippen LogP contribution in [0.3, 0.4) is 0 Å². The molecule has 0 amide bonds. The van der Waals surface area contributed by atoms with Gasteiger partial charge in [-0.2, -0.15) is 10.5 Å². The van der Waals surface area contributed by atoms with Crippen LogP contribution in [0.2, 0.25) is 0 Å². The Labute approximate surface area is 250 Å². The molecule has 0 N–H and O–H groups in total. The van der Waals surface area contributed by atoms with E-state index in [2.05, 4.69) is 37.3 Å². The highest BCUT2D eigenvalue weighted by Gasteiger charge is 2.31. The van der Waals surface area contributed by atoms with Crippen LogP contribution >= 0.6 is 0 Å². The fourth-order valence-electron chi connectivity index (χ4n) is 4.75. The van der Waals surface area contributed by atoms with E-state index < -0.39 is 11.9 Å². The van der Waals surface area contributed by atoms with Gasteiger partial charge in [-0.1, -0.05) is 78.0 Å². The lowest BCUT2D eigenvalue weighted by Gasteiger charge is -2.16. The first-order valence-corrected chi connectivity index (χ1v) is 14.8. The lowest BCUT2D eigenvalue weighted by Crippen LogP contribution is -2.17. The van der Waals surface area contributed by atoms with Crippen LogP contribution in [0.25, 0.3) is 5.57 Å². The van der Waals surface area contributed by atoms with E-state index >= 15 is 0 Å². The van der Waals surface area contributed by atoms with Gasteiger partial charge in [0.25, 0.3) is 0 Å². The summed E-state index contributed by atoms with van der Waals surface area (Å²) in [7, 11) is 0. The van der Waals surface area contributed by atoms with E-state index in [1.807, 2.05) is 12.1 Å². The fraction of sp³-hybridized carbons (Fsp3) is 0.471. The summed E-state index contributed by atoms with van der Waals surface area (Å²) < 4.78 is 11.1. The maximum absolute atomic E-state index is 13.3. The predicted octanol–water partition coefficient (Wildman–Crippen LogP) is 7.15. The molecule has 0 spiro atoms. The van der Waals surface area contributed by atoms with Crippen molar-refractivity contribution in [2.45, 2.75) is 85.5 Å². The average Bonchev–Trinajstić information content (AvgIpc) is 3.11. The van der Waals surface area contributed by atoms with Crippen LogP contribution in [0, 0.1) is 28.6 Å². The molecule has 0 aliphatic heterocycles. The number of nitrogens with zero attached hydrogens (tertiary/aromatic N) is 4. The maximum Gasteiger partial charge on any atom is 0.349 e. The summed E-state index contributed by atoms with van der Waals surface area (Å²) in [6.45, 7) is 12.1. The molecule has 1 unspecified atom stereocenters. The fourth-order valence-corrected chi connectivity index (χ4v) is 4.75. The molecule has 1 aliphatic carbocycles. The second-order valence-electron chi connectivity index (χ2n) is 10.2. The molecule has 1 aliphatic rings. The number of hydrogen-bond acceptors (Lipinski definition) is 8. The Hall–Kier alpha value is -4.30. The molecule has 0 radical (unpaired) electrons. The molecule has 8 nitrogen and oxygen atoms in total. The molecule has 1 aromatic rings. The first kappa shape index (κ1) is 33.9. The predicted molar refractivity (Wildman–Crippen MR) is 164 cm³/mol. The summed E-state index contributed by atoms with van der Waals surface area (Å²) in [6.07, 6.45) is 12.2. The third kappa shape index (κ3) is 9.11. The highest BCUT2D eigenvalue weighted by molar-refractivity contribution is 6.07. The van der Waals surface area contributed by atoms with Gasteiger partial charge in [-0.15, -0.1) is 0 Å². The summed E-state index contributed by atoms with van der Waals surface area (Å²) >= 11 is 0. The molecule has 0 bridgehead atoms. The quantitative estimate of drug-likeness (QED) is 0.0720. The number of carbonyl (C=O) groups is 2. The van der Waals surface area contributed by atoms with E-state index in [0.717, 1.165) is 44.9 Å². The average molecular weight is 571 g/mol. The Morgan fingerprint density at radius 3 is 2.43 bits per heavy atom. The van der Waals surface area contributed by atoms with Crippen LogP contribution in [-0.2, 0) is 25.5 Å². The van der Waals surface area contributed by atoms with Gasteiger partial charge in [0, 0.05) is 30.0 Å². The number of rotatable bonds is 15. The number of unbranched alkanes of at least 4 members (excludes halogenated alkanes) is 4. The van der Waals surface area contributed by atoms with Crippen LogP contribution in [0.1, 0.15) is 90.3 Å². The summed E-state index contributed by atoms with van der Waals surface area (Å²) in [6, 6.07) is 7.51. The topological polar surface area (TPSA) is 125 Å². The van der Waals surface area contributed by atoms with Crippen molar-refractivity contribution in [3.05, 3.63) is 70.2 Å². The number of fused-ring (bicyclic) bond motifs is 1. The number of aromatic nitrogens is 1. The number of ether oxygens (including phenoxy) is 2. The second kappa shape index (κ2) is 18.2.